The number of rotatable bonds is 6. The lowest BCUT2D eigenvalue weighted by Crippen LogP contribution is -2.37. The molecule has 2 rings (SSSR count). The van der Waals surface area contributed by atoms with E-state index in [9.17, 15) is 5.11 Å². The number of hydrogen-bond donors (Lipinski definition) is 1. The lowest BCUT2D eigenvalue weighted by molar-refractivity contribution is 0.0836. The van der Waals surface area contributed by atoms with Crippen LogP contribution in [0.5, 0.6) is 0 Å². The quantitative estimate of drug-likeness (QED) is 0.854. The Bertz CT molecular complexity index is 412. The molecule has 0 aliphatic carbocycles. The molecule has 118 valence electrons. The van der Waals surface area contributed by atoms with Gasteiger partial charge in [-0.2, -0.15) is 0 Å². The van der Waals surface area contributed by atoms with Crippen molar-refractivity contribution in [2.75, 3.05) is 19.6 Å². The molecule has 2 heteroatoms. The third-order valence-corrected chi connectivity index (χ3v) is 4.62. The van der Waals surface area contributed by atoms with E-state index in [-0.39, 0.29) is 6.10 Å². The van der Waals surface area contributed by atoms with E-state index in [1.165, 1.54) is 24.8 Å². The molecule has 21 heavy (non-hydrogen) atoms. The summed E-state index contributed by atoms with van der Waals surface area (Å²) in [5.74, 6) is 1.50. The maximum atomic E-state index is 10.5. The Kier molecular flexibility index (Phi) is 6.25. The maximum absolute atomic E-state index is 10.5. The van der Waals surface area contributed by atoms with Gasteiger partial charge >= 0.3 is 0 Å². The number of nitrogens with zero attached hydrogens (tertiary/aromatic N) is 1. The lowest BCUT2D eigenvalue weighted by Gasteiger charge is -2.33. The zero-order chi connectivity index (χ0) is 15.2. The van der Waals surface area contributed by atoms with Gasteiger partial charge in [-0.05, 0) is 48.8 Å². The number of hydrogen-bond acceptors (Lipinski definition) is 2. The van der Waals surface area contributed by atoms with Gasteiger partial charge in [-0.3, -0.25) is 0 Å². The van der Waals surface area contributed by atoms with Crippen LogP contribution in [0.3, 0.4) is 0 Å². The van der Waals surface area contributed by atoms with Gasteiger partial charge in [0.2, 0.25) is 0 Å². The Labute approximate surface area is 130 Å². The highest BCUT2D eigenvalue weighted by Gasteiger charge is 2.21. The molecule has 2 nitrogen and oxygen atoms in total. The molecule has 1 aliphatic heterocycles. The van der Waals surface area contributed by atoms with Crippen LogP contribution in [0, 0.1) is 11.8 Å². The third-order valence-electron chi connectivity index (χ3n) is 4.62. The van der Waals surface area contributed by atoms with Crippen LogP contribution in [0.25, 0.3) is 0 Å². The summed E-state index contributed by atoms with van der Waals surface area (Å²) >= 11 is 0. The van der Waals surface area contributed by atoms with Crippen molar-refractivity contribution in [3.8, 4) is 0 Å². The van der Waals surface area contributed by atoms with Crippen molar-refractivity contribution in [3.63, 3.8) is 0 Å². The molecule has 2 unspecified atom stereocenters. The molecular formula is C19H31NO. The first-order chi connectivity index (χ1) is 10.1. The van der Waals surface area contributed by atoms with Crippen molar-refractivity contribution in [2.45, 2.75) is 52.6 Å². The SMILES string of the molecule is CCC1CCCN(CC(O)c2ccc(CC(C)C)cc2)C1. The molecule has 0 amide bonds. The molecule has 1 saturated heterocycles. The van der Waals surface area contributed by atoms with Crippen LogP contribution in [-0.4, -0.2) is 29.6 Å². The van der Waals surface area contributed by atoms with Crippen LogP contribution in [0.4, 0.5) is 0 Å². The Morgan fingerprint density at radius 3 is 2.57 bits per heavy atom. The molecule has 1 aromatic rings. The van der Waals surface area contributed by atoms with Crippen molar-refractivity contribution < 1.29 is 5.11 Å². The van der Waals surface area contributed by atoms with Crippen LogP contribution < -0.4 is 0 Å². The smallest absolute Gasteiger partial charge is 0.0916 e. The topological polar surface area (TPSA) is 23.5 Å². The largest absolute Gasteiger partial charge is 0.387 e. The van der Waals surface area contributed by atoms with E-state index < -0.39 is 0 Å². The Balaban J connectivity index is 1.89. The minimum absolute atomic E-state index is 0.353. The Hall–Kier alpha value is -0.860. The first-order valence-corrected chi connectivity index (χ1v) is 8.57. The highest BCUT2D eigenvalue weighted by atomic mass is 16.3. The molecular weight excluding hydrogens is 258 g/mol. The van der Waals surface area contributed by atoms with E-state index >= 15 is 0 Å². The fraction of sp³-hybridized carbons (Fsp3) is 0.684. The first kappa shape index (κ1) is 16.5. The van der Waals surface area contributed by atoms with Crippen molar-refractivity contribution in [3.05, 3.63) is 35.4 Å². The summed E-state index contributed by atoms with van der Waals surface area (Å²) in [6.07, 6.45) is 4.65. The molecule has 1 aromatic carbocycles. The zero-order valence-corrected chi connectivity index (χ0v) is 13.9. The monoisotopic (exact) mass is 289 g/mol. The van der Waals surface area contributed by atoms with Gasteiger partial charge in [0, 0.05) is 13.1 Å². The van der Waals surface area contributed by atoms with Crippen LogP contribution in [0.15, 0.2) is 24.3 Å². The van der Waals surface area contributed by atoms with E-state index in [0.29, 0.717) is 5.92 Å². The highest BCUT2D eigenvalue weighted by Crippen LogP contribution is 2.22. The molecule has 1 N–H and O–H groups in total. The van der Waals surface area contributed by atoms with Gasteiger partial charge in [0.1, 0.15) is 0 Å². The standard InChI is InChI=1S/C19H31NO/c1-4-16-6-5-11-20(13-16)14-19(21)18-9-7-17(8-10-18)12-15(2)3/h7-10,15-16,19,21H,4-6,11-14H2,1-3H3. The van der Waals surface area contributed by atoms with Crippen LogP contribution >= 0.6 is 0 Å². The van der Waals surface area contributed by atoms with Crippen LogP contribution in [-0.2, 0) is 6.42 Å². The second-order valence-corrected chi connectivity index (χ2v) is 7.03. The van der Waals surface area contributed by atoms with E-state index in [1.807, 2.05) is 0 Å². The minimum Gasteiger partial charge on any atom is -0.387 e. The molecule has 2 atom stereocenters. The molecule has 0 radical (unpaired) electrons. The van der Waals surface area contributed by atoms with E-state index in [4.69, 9.17) is 0 Å². The Morgan fingerprint density at radius 1 is 1.24 bits per heavy atom. The summed E-state index contributed by atoms with van der Waals surface area (Å²) in [7, 11) is 0. The molecule has 1 fully saturated rings. The van der Waals surface area contributed by atoms with Crippen LogP contribution in [0.2, 0.25) is 0 Å². The van der Waals surface area contributed by atoms with E-state index in [2.05, 4.69) is 49.9 Å². The highest BCUT2D eigenvalue weighted by molar-refractivity contribution is 5.24. The van der Waals surface area contributed by atoms with Gasteiger partial charge in [-0.15, -0.1) is 0 Å². The molecule has 0 aromatic heterocycles. The van der Waals surface area contributed by atoms with Crippen molar-refractivity contribution in [1.29, 1.82) is 0 Å². The number of β-amino-alcohol motifs (C(OH)–C–C–N with tert-alkyl or cyclic N) is 1. The summed E-state index contributed by atoms with van der Waals surface area (Å²) in [5, 5.41) is 10.5. The van der Waals surface area contributed by atoms with Crippen molar-refractivity contribution in [2.24, 2.45) is 11.8 Å². The number of aliphatic hydroxyl groups is 1. The number of benzene rings is 1. The van der Waals surface area contributed by atoms with Gasteiger partial charge < -0.3 is 10.0 Å². The maximum Gasteiger partial charge on any atom is 0.0916 e. The number of piperidine rings is 1. The number of aliphatic hydroxyl groups excluding tert-OH is 1. The fourth-order valence-electron chi connectivity index (χ4n) is 3.35. The summed E-state index contributed by atoms with van der Waals surface area (Å²) in [5.41, 5.74) is 2.42. The molecule has 1 heterocycles. The van der Waals surface area contributed by atoms with Crippen molar-refractivity contribution in [1.82, 2.24) is 4.90 Å². The predicted octanol–water partition coefficient (Wildman–Crippen LogP) is 4.04. The van der Waals surface area contributed by atoms with E-state index in [1.54, 1.807) is 0 Å². The predicted molar refractivity (Wildman–Crippen MR) is 89.4 cm³/mol. The second-order valence-electron chi connectivity index (χ2n) is 7.03. The van der Waals surface area contributed by atoms with Gasteiger partial charge in [0.25, 0.3) is 0 Å². The first-order valence-electron chi connectivity index (χ1n) is 8.57. The second kappa shape index (κ2) is 7.95. The summed E-state index contributed by atoms with van der Waals surface area (Å²) in [6, 6.07) is 8.54. The fourth-order valence-corrected chi connectivity index (χ4v) is 3.35. The van der Waals surface area contributed by atoms with Crippen molar-refractivity contribution >= 4 is 0 Å². The lowest BCUT2D eigenvalue weighted by atomic mass is 9.95. The average molecular weight is 289 g/mol. The third kappa shape index (κ3) is 5.12. The molecule has 1 aliphatic rings. The van der Waals surface area contributed by atoms with Gasteiger partial charge in [0.05, 0.1) is 6.10 Å². The average Bonchev–Trinajstić information content (AvgIpc) is 2.47. The summed E-state index contributed by atoms with van der Waals surface area (Å²) < 4.78 is 0. The molecule has 0 bridgehead atoms. The minimum atomic E-state index is -0.353. The van der Waals surface area contributed by atoms with Crippen LogP contribution in [0.1, 0.15) is 57.3 Å². The molecule has 0 saturated carbocycles. The van der Waals surface area contributed by atoms with Gasteiger partial charge in [-0.1, -0.05) is 51.5 Å². The Morgan fingerprint density at radius 2 is 1.95 bits per heavy atom. The molecule has 0 spiro atoms. The number of likely N-dealkylation sites (tertiary alicyclic amines) is 1. The normalized spacial score (nSPS) is 21.7. The van der Waals surface area contributed by atoms with E-state index in [0.717, 1.165) is 37.5 Å². The zero-order valence-electron chi connectivity index (χ0n) is 13.9. The summed E-state index contributed by atoms with van der Waals surface area (Å²) in [4.78, 5) is 2.43. The summed E-state index contributed by atoms with van der Waals surface area (Å²) in [6.45, 7) is 9.82. The van der Waals surface area contributed by atoms with Gasteiger partial charge in [-0.25, -0.2) is 0 Å². The van der Waals surface area contributed by atoms with Gasteiger partial charge in [0.15, 0.2) is 0 Å².